The minimum atomic E-state index is -0.748. The maximum Gasteiger partial charge on any atom is 0.156 e. The summed E-state index contributed by atoms with van der Waals surface area (Å²) in [5.74, 6) is -0.0280. The van der Waals surface area contributed by atoms with Crippen LogP contribution in [0.1, 0.15) is 30.7 Å². The lowest BCUT2D eigenvalue weighted by Crippen LogP contribution is -2.09. The number of nitrogens with zero attached hydrogens (tertiary/aromatic N) is 2. The largest absolute Gasteiger partial charge is 0.497 e. The van der Waals surface area contributed by atoms with Crippen molar-refractivity contribution in [2.24, 2.45) is 0 Å². The molecule has 0 aliphatic rings. The van der Waals surface area contributed by atoms with Gasteiger partial charge in [-0.1, -0.05) is 6.92 Å². The van der Waals surface area contributed by atoms with Crippen LogP contribution >= 0.6 is 11.3 Å². The molecule has 1 unspecified atom stereocenters. The number of Topliss-reactive ketones (excluding diaryl/α,β-unsaturated/α-hetero) is 1. The zero-order valence-electron chi connectivity index (χ0n) is 12.0. The highest BCUT2D eigenvalue weighted by molar-refractivity contribution is 7.10. The topological polar surface area (TPSA) is 63.0 Å². The Kier molecular flexibility index (Phi) is 5.07. The first-order valence-corrected chi connectivity index (χ1v) is 7.59. The van der Waals surface area contributed by atoms with Gasteiger partial charge in [-0.3, -0.25) is 4.79 Å². The maximum atomic E-state index is 11.9. The van der Waals surface area contributed by atoms with E-state index in [9.17, 15) is 10.1 Å². The third kappa shape index (κ3) is 3.47. The van der Waals surface area contributed by atoms with Crippen LogP contribution in [0.3, 0.4) is 0 Å². The Hall–Kier alpha value is -2.19. The van der Waals surface area contributed by atoms with Gasteiger partial charge in [-0.15, -0.1) is 11.3 Å². The summed E-state index contributed by atoms with van der Waals surface area (Å²) < 4.78 is 5.12. The predicted octanol–water partition coefficient (Wildman–Crippen LogP) is 3.80. The summed E-state index contributed by atoms with van der Waals surface area (Å²) in [6, 6.07) is 9.60. The van der Waals surface area contributed by atoms with E-state index < -0.39 is 5.92 Å². The highest BCUT2D eigenvalue weighted by Gasteiger charge is 2.22. The molecule has 2 rings (SSSR count). The number of benzene rings is 1. The van der Waals surface area contributed by atoms with Crippen LogP contribution in [0, 0.1) is 11.3 Å². The number of carbonyl (C=O) groups is 1. The zero-order chi connectivity index (χ0) is 15.2. The van der Waals surface area contributed by atoms with Crippen LogP contribution in [0.15, 0.2) is 29.6 Å². The highest BCUT2D eigenvalue weighted by atomic mass is 32.1. The standard InChI is InChI=1S/C16H16N2O2S/c1-3-4-15(19)13(9-17)16-18-14(10-21-16)11-5-7-12(20-2)8-6-11/h5-8,10,13H,3-4H2,1-2H3. The number of thiazole rings is 1. The van der Waals surface area contributed by atoms with Crippen LogP contribution in [0.2, 0.25) is 0 Å². The molecule has 0 saturated heterocycles. The monoisotopic (exact) mass is 300 g/mol. The number of hydrogen-bond donors (Lipinski definition) is 0. The van der Waals surface area contributed by atoms with Gasteiger partial charge in [0.15, 0.2) is 11.7 Å². The molecule has 5 heteroatoms. The van der Waals surface area contributed by atoms with Crippen molar-refractivity contribution in [3.8, 4) is 23.1 Å². The molecule has 0 spiro atoms. The van der Waals surface area contributed by atoms with Gasteiger partial charge in [-0.05, 0) is 30.7 Å². The van der Waals surface area contributed by atoms with Gasteiger partial charge in [0, 0.05) is 17.4 Å². The molecule has 0 N–H and O–H groups in total. The van der Waals surface area contributed by atoms with E-state index in [2.05, 4.69) is 11.1 Å². The lowest BCUT2D eigenvalue weighted by atomic mass is 10.0. The van der Waals surface area contributed by atoms with Gasteiger partial charge in [0.1, 0.15) is 10.8 Å². The SMILES string of the molecule is CCCC(=O)C(C#N)c1nc(-c2ccc(OC)cc2)cs1. The van der Waals surface area contributed by atoms with Gasteiger partial charge in [-0.2, -0.15) is 5.26 Å². The summed E-state index contributed by atoms with van der Waals surface area (Å²) in [4.78, 5) is 16.4. The minimum absolute atomic E-state index is 0.0596. The molecule has 1 aromatic carbocycles. The van der Waals surface area contributed by atoms with Crippen molar-refractivity contribution < 1.29 is 9.53 Å². The Labute approximate surface area is 128 Å². The summed E-state index contributed by atoms with van der Waals surface area (Å²) in [5, 5.41) is 11.7. The molecule has 0 saturated carbocycles. The van der Waals surface area contributed by atoms with E-state index in [-0.39, 0.29) is 5.78 Å². The van der Waals surface area contributed by atoms with Crippen LogP contribution in [0.4, 0.5) is 0 Å². The van der Waals surface area contributed by atoms with E-state index in [0.717, 1.165) is 23.4 Å². The fourth-order valence-corrected chi connectivity index (χ4v) is 2.86. The lowest BCUT2D eigenvalue weighted by Gasteiger charge is -2.03. The number of hydrogen-bond acceptors (Lipinski definition) is 5. The van der Waals surface area contributed by atoms with E-state index in [1.807, 2.05) is 36.6 Å². The van der Waals surface area contributed by atoms with Crippen LogP contribution in [-0.2, 0) is 4.79 Å². The molecular formula is C16H16N2O2S. The zero-order valence-corrected chi connectivity index (χ0v) is 12.8. The van der Waals surface area contributed by atoms with Crippen LogP contribution in [0.25, 0.3) is 11.3 Å². The third-order valence-corrected chi connectivity index (χ3v) is 4.01. The number of rotatable bonds is 6. The van der Waals surface area contributed by atoms with Crippen molar-refractivity contribution in [3.05, 3.63) is 34.7 Å². The van der Waals surface area contributed by atoms with Gasteiger partial charge in [0.25, 0.3) is 0 Å². The Balaban J connectivity index is 2.24. The van der Waals surface area contributed by atoms with Gasteiger partial charge in [0.05, 0.1) is 18.9 Å². The average molecular weight is 300 g/mol. The molecule has 1 aromatic heterocycles. The number of methoxy groups -OCH3 is 1. The second kappa shape index (κ2) is 7.00. The number of aromatic nitrogens is 1. The Bertz CT molecular complexity index is 656. The van der Waals surface area contributed by atoms with Crippen molar-refractivity contribution in [1.82, 2.24) is 4.98 Å². The van der Waals surface area contributed by atoms with E-state index >= 15 is 0 Å². The van der Waals surface area contributed by atoms with Gasteiger partial charge < -0.3 is 4.74 Å². The van der Waals surface area contributed by atoms with Crippen LogP contribution in [0.5, 0.6) is 5.75 Å². The van der Waals surface area contributed by atoms with Crippen LogP contribution in [-0.4, -0.2) is 17.9 Å². The van der Waals surface area contributed by atoms with Crippen molar-refractivity contribution in [2.45, 2.75) is 25.7 Å². The molecule has 1 heterocycles. The molecule has 2 aromatic rings. The minimum Gasteiger partial charge on any atom is -0.497 e. The molecular weight excluding hydrogens is 284 g/mol. The normalized spacial score (nSPS) is 11.7. The van der Waals surface area contributed by atoms with Gasteiger partial charge in [0.2, 0.25) is 0 Å². The Morgan fingerprint density at radius 2 is 2.14 bits per heavy atom. The molecule has 21 heavy (non-hydrogen) atoms. The number of carbonyl (C=O) groups excluding carboxylic acids is 1. The molecule has 0 aliphatic carbocycles. The number of nitriles is 1. The van der Waals surface area contributed by atoms with Crippen molar-refractivity contribution in [2.75, 3.05) is 7.11 Å². The molecule has 0 aliphatic heterocycles. The highest BCUT2D eigenvalue weighted by Crippen LogP contribution is 2.28. The smallest absolute Gasteiger partial charge is 0.156 e. The first-order valence-electron chi connectivity index (χ1n) is 6.71. The van der Waals surface area contributed by atoms with Crippen LogP contribution < -0.4 is 4.74 Å². The van der Waals surface area contributed by atoms with Gasteiger partial charge in [-0.25, -0.2) is 4.98 Å². The quantitative estimate of drug-likeness (QED) is 0.814. The molecule has 108 valence electrons. The lowest BCUT2D eigenvalue weighted by molar-refractivity contribution is -0.119. The third-order valence-electron chi connectivity index (χ3n) is 3.10. The number of ketones is 1. The second-order valence-corrected chi connectivity index (χ2v) is 5.47. The summed E-state index contributed by atoms with van der Waals surface area (Å²) in [6.45, 7) is 1.93. The summed E-state index contributed by atoms with van der Waals surface area (Å²) >= 11 is 1.36. The van der Waals surface area contributed by atoms with Crippen molar-refractivity contribution in [1.29, 1.82) is 5.26 Å². The second-order valence-electron chi connectivity index (χ2n) is 4.58. The Morgan fingerprint density at radius 1 is 1.43 bits per heavy atom. The van der Waals surface area contributed by atoms with Crippen molar-refractivity contribution in [3.63, 3.8) is 0 Å². The van der Waals surface area contributed by atoms with E-state index in [4.69, 9.17) is 4.74 Å². The fourth-order valence-electron chi connectivity index (χ4n) is 1.97. The molecule has 0 radical (unpaired) electrons. The molecule has 1 atom stereocenters. The maximum absolute atomic E-state index is 11.9. The van der Waals surface area contributed by atoms with E-state index in [1.165, 1.54) is 11.3 Å². The molecule has 0 fully saturated rings. The molecule has 0 amide bonds. The number of ether oxygens (including phenoxy) is 1. The first-order chi connectivity index (χ1) is 10.2. The van der Waals surface area contributed by atoms with E-state index in [0.29, 0.717) is 11.4 Å². The summed E-state index contributed by atoms with van der Waals surface area (Å²) in [5.41, 5.74) is 1.72. The summed E-state index contributed by atoms with van der Waals surface area (Å²) in [7, 11) is 1.62. The van der Waals surface area contributed by atoms with E-state index in [1.54, 1.807) is 7.11 Å². The fraction of sp³-hybridized carbons (Fsp3) is 0.312. The predicted molar refractivity (Wildman–Crippen MR) is 82.4 cm³/mol. The molecule has 4 nitrogen and oxygen atoms in total. The first kappa shape index (κ1) is 15.2. The van der Waals surface area contributed by atoms with Gasteiger partial charge >= 0.3 is 0 Å². The average Bonchev–Trinajstić information content (AvgIpc) is 2.98. The Morgan fingerprint density at radius 3 is 2.71 bits per heavy atom. The molecule has 0 bridgehead atoms. The summed E-state index contributed by atoms with van der Waals surface area (Å²) in [6.07, 6.45) is 1.16. The van der Waals surface area contributed by atoms with Crippen molar-refractivity contribution >= 4 is 17.1 Å².